The van der Waals surface area contributed by atoms with Crippen LogP contribution in [0.1, 0.15) is 38.4 Å². The first kappa shape index (κ1) is 21.8. The highest BCUT2D eigenvalue weighted by atomic mass is 19.3. The maximum absolute atomic E-state index is 14.2. The van der Waals surface area contributed by atoms with Crippen LogP contribution in [0.3, 0.4) is 0 Å². The lowest BCUT2D eigenvalue weighted by molar-refractivity contribution is 0.0117. The molecular weight excluding hydrogens is 396 g/mol. The van der Waals surface area contributed by atoms with Gasteiger partial charge >= 0.3 is 0 Å². The van der Waals surface area contributed by atoms with Crippen molar-refractivity contribution in [1.82, 2.24) is 25.2 Å². The van der Waals surface area contributed by atoms with Gasteiger partial charge in [0.15, 0.2) is 5.69 Å². The molecule has 1 fully saturated rings. The molecule has 30 heavy (non-hydrogen) atoms. The maximum Gasteiger partial charge on any atom is 0.273 e. The molecule has 2 heterocycles. The van der Waals surface area contributed by atoms with Crippen LogP contribution in [0.15, 0.2) is 24.4 Å². The first-order chi connectivity index (χ1) is 14.2. The van der Waals surface area contributed by atoms with Crippen LogP contribution in [0.2, 0.25) is 0 Å². The van der Waals surface area contributed by atoms with Crippen LogP contribution >= 0.6 is 0 Å². The van der Waals surface area contributed by atoms with E-state index in [0.717, 1.165) is 11.1 Å². The number of likely N-dealkylation sites (tertiary alicyclic amines) is 1. The van der Waals surface area contributed by atoms with E-state index in [1.54, 1.807) is 19.1 Å². The molecule has 8 nitrogen and oxygen atoms in total. The van der Waals surface area contributed by atoms with Crippen molar-refractivity contribution in [1.29, 1.82) is 0 Å². The summed E-state index contributed by atoms with van der Waals surface area (Å²) in [7, 11) is 1.52. The Morgan fingerprint density at radius 3 is 2.80 bits per heavy atom. The first-order valence-corrected chi connectivity index (χ1v) is 9.63. The molecule has 1 N–H and O–H groups in total. The molecule has 10 heteroatoms. The molecule has 162 valence electrons. The lowest BCUT2D eigenvalue weighted by atomic mass is 10.0. The fourth-order valence-corrected chi connectivity index (χ4v) is 3.57. The zero-order chi connectivity index (χ0) is 21.9. The van der Waals surface area contributed by atoms with Gasteiger partial charge in [-0.2, -0.15) is 0 Å². The molecule has 0 radical (unpaired) electrons. The molecule has 1 aromatic carbocycles. The van der Waals surface area contributed by atoms with Gasteiger partial charge in [-0.1, -0.05) is 22.9 Å². The van der Waals surface area contributed by atoms with E-state index in [1.165, 1.54) is 22.9 Å². The van der Waals surface area contributed by atoms with Crippen LogP contribution in [-0.2, 0) is 11.3 Å². The molecule has 3 rings (SSSR count). The molecule has 0 unspecified atom stereocenters. The molecule has 0 bridgehead atoms. The summed E-state index contributed by atoms with van der Waals surface area (Å²) in [4.78, 5) is 26.2. The van der Waals surface area contributed by atoms with E-state index in [2.05, 4.69) is 15.6 Å². The third kappa shape index (κ3) is 4.99. The number of amides is 2. The number of nitrogens with zero attached hydrogens (tertiary/aromatic N) is 4. The third-order valence-corrected chi connectivity index (χ3v) is 5.01. The van der Waals surface area contributed by atoms with E-state index < -0.39 is 36.7 Å². The normalized spacial score (nSPS) is 17.9. The van der Waals surface area contributed by atoms with Gasteiger partial charge < -0.3 is 15.0 Å². The summed E-state index contributed by atoms with van der Waals surface area (Å²) in [6, 6.07) is 4.54. The summed E-state index contributed by atoms with van der Waals surface area (Å²) in [5.74, 6) is -3.86. The monoisotopic (exact) mass is 421 g/mol. The number of benzene rings is 1. The second kappa shape index (κ2) is 8.86. The van der Waals surface area contributed by atoms with E-state index in [-0.39, 0.29) is 12.2 Å². The number of methoxy groups -OCH3 is 1. The smallest absolute Gasteiger partial charge is 0.273 e. The summed E-state index contributed by atoms with van der Waals surface area (Å²) in [5.41, 5.74) is 2.21. The lowest BCUT2D eigenvalue weighted by Gasteiger charge is -2.24. The van der Waals surface area contributed by atoms with Crippen LogP contribution in [-0.4, -0.2) is 70.5 Å². The molecule has 1 saturated heterocycles. The Hall–Kier alpha value is -2.88. The Labute approximate surface area is 173 Å². The van der Waals surface area contributed by atoms with Gasteiger partial charge in [0.2, 0.25) is 0 Å². The van der Waals surface area contributed by atoms with Crippen LogP contribution in [0.5, 0.6) is 0 Å². The van der Waals surface area contributed by atoms with Gasteiger partial charge in [0.1, 0.15) is 0 Å². The summed E-state index contributed by atoms with van der Waals surface area (Å²) in [6.07, 6.45) is 0.914. The van der Waals surface area contributed by atoms with Crippen molar-refractivity contribution >= 4 is 11.8 Å². The Morgan fingerprint density at radius 1 is 1.33 bits per heavy atom. The van der Waals surface area contributed by atoms with Crippen LogP contribution < -0.4 is 5.32 Å². The van der Waals surface area contributed by atoms with E-state index >= 15 is 0 Å². The predicted octanol–water partition coefficient (Wildman–Crippen LogP) is 1.82. The van der Waals surface area contributed by atoms with Crippen molar-refractivity contribution in [3.8, 4) is 0 Å². The summed E-state index contributed by atoms with van der Waals surface area (Å²) in [5, 5.41) is 10.3. The van der Waals surface area contributed by atoms with Gasteiger partial charge in [-0.3, -0.25) is 9.59 Å². The van der Waals surface area contributed by atoms with Gasteiger partial charge in [0.05, 0.1) is 31.9 Å². The van der Waals surface area contributed by atoms with E-state index in [0.29, 0.717) is 18.7 Å². The Bertz CT molecular complexity index is 931. The minimum Gasteiger partial charge on any atom is -0.383 e. The van der Waals surface area contributed by atoms with Gasteiger partial charge in [0, 0.05) is 25.6 Å². The molecule has 1 aliphatic rings. The number of hydrogen-bond donors (Lipinski definition) is 1. The number of hydrogen-bond acceptors (Lipinski definition) is 5. The minimum absolute atomic E-state index is 0.0184. The standard InChI is InChI=1S/C20H25F2N5O3/c1-13-4-5-16(14(2)8-13)19(29)27-12-20(21,22)9-15(27)10-26-11-17(24-25-26)18(28)23-6-7-30-3/h4-5,8,11,15H,6-7,9-10,12H2,1-3H3,(H,23,28)/t15-/m0/s1. The number of halogens is 2. The lowest BCUT2D eigenvalue weighted by Crippen LogP contribution is -2.39. The summed E-state index contributed by atoms with van der Waals surface area (Å²) in [6.45, 7) is 3.73. The number of alkyl halides is 2. The van der Waals surface area contributed by atoms with Crippen molar-refractivity contribution in [2.45, 2.75) is 38.8 Å². The quantitative estimate of drug-likeness (QED) is 0.689. The number of aromatic nitrogens is 3. The highest BCUT2D eigenvalue weighted by Crippen LogP contribution is 2.34. The average molecular weight is 421 g/mol. The fourth-order valence-electron chi connectivity index (χ4n) is 3.57. The van der Waals surface area contributed by atoms with Crippen molar-refractivity contribution in [3.63, 3.8) is 0 Å². The Kier molecular flexibility index (Phi) is 6.45. The van der Waals surface area contributed by atoms with Gasteiger partial charge in [-0.15, -0.1) is 5.10 Å². The van der Waals surface area contributed by atoms with Crippen LogP contribution in [0.25, 0.3) is 0 Å². The Balaban J connectivity index is 1.74. The molecule has 0 saturated carbocycles. The number of ether oxygens (including phenoxy) is 1. The molecule has 1 atom stereocenters. The van der Waals surface area contributed by atoms with Crippen molar-refractivity contribution in [3.05, 3.63) is 46.8 Å². The number of nitrogens with one attached hydrogen (secondary N) is 1. The van der Waals surface area contributed by atoms with Gasteiger partial charge in [-0.25, -0.2) is 13.5 Å². The van der Waals surface area contributed by atoms with Crippen LogP contribution in [0, 0.1) is 13.8 Å². The van der Waals surface area contributed by atoms with Gasteiger partial charge in [0.25, 0.3) is 17.7 Å². The molecule has 0 spiro atoms. The zero-order valence-corrected chi connectivity index (χ0v) is 17.2. The van der Waals surface area contributed by atoms with E-state index in [1.807, 2.05) is 13.0 Å². The molecule has 2 aromatic rings. The summed E-state index contributed by atoms with van der Waals surface area (Å²) < 4.78 is 34.5. The van der Waals surface area contributed by atoms with Crippen LogP contribution in [0.4, 0.5) is 8.78 Å². The fraction of sp³-hybridized carbons (Fsp3) is 0.500. The van der Waals surface area contributed by atoms with E-state index in [9.17, 15) is 18.4 Å². The molecule has 1 aliphatic heterocycles. The summed E-state index contributed by atoms with van der Waals surface area (Å²) >= 11 is 0. The topological polar surface area (TPSA) is 89.4 Å². The van der Waals surface area contributed by atoms with Gasteiger partial charge in [-0.05, 0) is 25.5 Å². The Morgan fingerprint density at radius 2 is 2.10 bits per heavy atom. The average Bonchev–Trinajstić information content (AvgIpc) is 3.25. The number of rotatable bonds is 7. The molecule has 2 amide bonds. The first-order valence-electron chi connectivity index (χ1n) is 9.63. The molecule has 0 aliphatic carbocycles. The van der Waals surface area contributed by atoms with Crippen molar-refractivity contribution in [2.75, 3.05) is 26.8 Å². The molecule has 1 aromatic heterocycles. The number of carbonyl (C=O) groups is 2. The minimum atomic E-state index is -2.99. The second-order valence-electron chi connectivity index (χ2n) is 7.54. The SMILES string of the molecule is COCCNC(=O)c1cn(C[C@@H]2CC(F)(F)CN2C(=O)c2ccc(C)cc2C)nn1. The number of aryl methyl sites for hydroxylation is 2. The molecular formula is C20H25F2N5O3. The zero-order valence-electron chi connectivity index (χ0n) is 17.2. The maximum atomic E-state index is 14.2. The third-order valence-electron chi connectivity index (χ3n) is 5.01. The largest absolute Gasteiger partial charge is 0.383 e. The van der Waals surface area contributed by atoms with Crippen molar-refractivity contribution in [2.24, 2.45) is 0 Å². The number of carbonyl (C=O) groups excluding carboxylic acids is 2. The highest BCUT2D eigenvalue weighted by molar-refractivity contribution is 5.96. The highest BCUT2D eigenvalue weighted by Gasteiger charge is 2.47. The predicted molar refractivity (Wildman–Crippen MR) is 105 cm³/mol. The van der Waals surface area contributed by atoms with Crippen molar-refractivity contribution < 1.29 is 23.1 Å². The second-order valence-corrected chi connectivity index (χ2v) is 7.54. The van der Waals surface area contributed by atoms with E-state index in [4.69, 9.17) is 4.74 Å².